The Morgan fingerprint density at radius 3 is 2.48 bits per heavy atom. The van der Waals surface area contributed by atoms with Crippen molar-refractivity contribution in [2.45, 2.75) is 11.9 Å². The summed E-state index contributed by atoms with van der Waals surface area (Å²) in [5.74, 6) is 1.73. The molecule has 7 heteroatoms. The third-order valence-corrected chi connectivity index (χ3v) is 3.92. The summed E-state index contributed by atoms with van der Waals surface area (Å²) in [6, 6.07) is 7.33. The van der Waals surface area contributed by atoms with Gasteiger partial charge in [0, 0.05) is 11.3 Å². The molecular weight excluding hydrogens is 316 g/mol. The second-order valence-corrected chi connectivity index (χ2v) is 5.60. The molecule has 0 bridgehead atoms. The van der Waals surface area contributed by atoms with Gasteiger partial charge >= 0.3 is 5.97 Å². The molecule has 0 N–H and O–H groups in total. The van der Waals surface area contributed by atoms with Crippen LogP contribution in [0.3, 0.4) is 0 Å². The lowest BCUT2D eigenvalue weighted by Gasteiger charge is -2.10. The van der Waals surface area contributed by atoms with Gasteiger partial charge in [-0.05, 0) is 31.2 Å². The third kappa shape index (κ3) is 4.35. The predicted octanol–water partition coefficient (Wildman–Crippen LogP) is 2.73. The second kappa shape index (κ2) is 7.82. The topological polar surface area (TPSA) is 70.5 Å². The van der Waals surface area contributed by atoms with E-state index < -0.39 is 0 Å². The van der Waals surface area contributed by atoms with Gasteiger partial charge in [-0.3, -0.25) is 4.79 Å². The summed E-state index contributed by atoms with van der Waals surface area (Å²) in [7, 11) is 4.53. The summed E-state index contributed by atoms with van der Waals surface area (Å²) in [6.07, 6.45) is 0. The van der Waals surface area contributed by atoms with Gasteiger partial charge in [0.05, 0.1) is 27.1 Å². The average Bonchev–Trinajstić information content (AvgIpc) is 2.58. The van der Waals surface area contributed by atoms with Crippen molar-refractivity contribution in [3.63, 3.8) is 0 Å². The van der Waals surface area contributed by atoms with E-state index in [1.54, 1.807) is 20.3 Å². The van der Waals surface area contributed by atoms with E-state index in [4.69, 9.17) is 9.47 Å². The molecule has 0 radical (unpaired) electrons. The van der Waals surface area contributed by atoms with Crippen LogP contribution in [0.15, 0.2) is 29.3 Å². The van der Waals surface area contributed by atoms with Crippen LogP contribution in [0.2, 0.25) is 0 Å². The first-order valence-corrected chi connectivity index (χ1v) is 7.83. The fraction of sp³-hybridized carbons (Fsp3) is 0.312. The van der Waals surface area contributed by atoms with E-state index in [-0.39, 0.29) is 11.7 Å². The summed E-state index contributed by atoms with van der Waals surface area (Å²) >= 11 is 1.31. The van der Waals surface area contributed by atoms with Crippen molar-refractivity contribution in [2.24, 2.45) is 0 Å². The first-order chi connectivity index (χ1) is 11.1. The second-order valence-electron chi connectivity index (χ2n) is 4.61. The molecule has 0 atom stereocenters. The van der Waals surface area contributed by atoms with E-state index in [9.17, 15) is 4.79 Å². The maximum Gasteiger partial charge on any atom is 0.316 e. The Bertz CT molecular complexity index is 706. The van der Waals surface area contributed by atoms with E-state index in [0.717, 1.165) is 11.3 Å². The Labute approximate surface area is 139 Å². The Morgan fingerprint density at radius 1 is 1.09 bits per heavy atom. The largest absolute Gasteiger partial charge is 0.493 e. The van der Waals surface area contributed by atoms with Gasteiger partial charge in [0.2, 0.25) is 0 Å². The maximum atomic E-state index is 11.3. The number of aromatic nitrogens is 2. The fourth-order valence-electron chi connectivity index (χ4n) is 1.91. The van der Waals surface area contributed by atoms with Gasteiger partial charge in [0.15, 0.2) is 17.3 Å². The number of carbonyl (C=O) groups is 1. The molecule has 0 aliphatic rings. The molecule has 23 heavy (non-hydrogen) atoms. The van der Waals surface area contributed by atoms with Crippen LogP contribution < -0.4 is 9.47 Å². The Kier molecular flexibility index (Phi) is 5.81. The first-order valence-electron chi connectivity index (χ1n) is 6.85. The Hall–Kier alpha value is -2.28. The standard InChI is InChI=1S/C16H18N2O4S/c1-10-7-14(23-9-15(19)22-4)18-16(17-10)11-5-6-12(20-2)13(8-11)21-3/h5-8H,9H2,1-4H3. The van der Waals surface area contributed by atoms with E-state index in [1.807, 2.05) is 25.1 Å². The lowest BCUT2D eigenvalue weighted by molar-refractivity contribution is -0.137. The van der Waals surface area contributed by atoms with Crippen LogP contribution in [0.4, 0.5) is 0 Å². The van der Waals surface area contributed by atoms with Crippen molar-refractivity contribution in [3.8, 4) is 22.9 Å². The van der Waals surface area contributed by atoms with Gasteiger partial charge < -0.3 is 14.2 Å². The number of methoxy groups -OCH3 is 3. The Balaban J connectivity index is 2.32. The molecule has 1 aromatic carbocycles. The van der Waals surface area contributed by atoms with E-state index in [1.165, 1.54) is 18.9 Å². The summed E-state index contributed by atoms with van der Waals surface area (Å²) < 4.78 is 15.2. The monoisotopic (exact) mass is 334 g/mol. The SMILES string of the molecule is COC(=O)CSc1cc(C)nc(-c2ccc(OC)c(OC)c2)n1. The molecule has 2 aromatic rings. The minimum absolute atomic E-state index is 0.207. The van der Waals surface area contributed by atoms with Crippen molar-refractivity contribution < 1.29 is 19.0 Å². The summed E-state index contributed by atoms with van der Waals surface area (Å²) in [5, 5.41) is 0.715. The average molecular weight is 334 g/mol. The number of hydrogen-bond donors (Lipinski definition) is 0. The van der Waals surface area contributed by atoms with Gasteiger partial charge in [-0.1, -0.05) is 11.8 Å². The third-order valence-electron chi connectivity index (χ3n) is 3.04. The maximum absolute atomic E-state index is 11.3. The molecule has 1 aromatic heterocycles. The van der Waals surface area contributed by atoms with Crippen LogP contribution in [0.1, 0.15) is 5.69 Å². The van der Waals surface area contributed by atoms with Crippen molar-refractivity contribution in [1.29, 1.82) is 0 Å². The zero-order valence-electron chi connectivity index (χ0n) is 13.5. The quantitative estimate of drug-likeness (QED) is 0.457. The number of thioether (sulfide) groups is 1. The van der Waals surface area contributed by atoms with Crippen LogP contribution in [-0.2, 0) is 9.53 Å². The fourth-order valence-corrected chi connectivity index (χ4v) is 2.70. The number of carbonyl (C=O) groups excluding carboxylic acids is 1. The minimum Gasteiger partial charge on any atom is -0.493 e. The van der Waals surface area contributed by atoms with Crippen LogP contribution in [-0.4, -0.2) is 43.0 Å². The zero-order chi connectivity index (χ0) is 16.8. The van der Waals surface area contributed by atoms with Crippen molar-refractivity contribution in [3.05, 3.63) is 30.0 Å². The molecule has 1 heterocycles. The van der Waals surface area contributed by atoms with Crippen molar-refractivity contribution >= 4 is 17.7 Å². The van der Waals surface area contributed by atoms with Crippen LogP contribution >= 0.6 is 11.8 Å². The number of esters is 1. The first kappa shape index (κ1) is 17.1. The molecule has 0 unspecified atom stereocenters. The number of rotatable bonds is 6. The van der Waals surface area contributed by atoms with Gasteiger partial charge in [-0.15, -0.1) is 0 Å². The molecular formula is C16H18N2O4S. The Morgan fingerprint density at radius 2 is 1.83 bits per heavy atom. The molecule has 0 spiro atoms. The molecule has 0 amide bonds. The minimum atomic E-state index is -0.293. The molecule has 0 aliphatic heterocycles. The smallest absolute Gasteiger partial charge is 0.316 e. The highest BCUT2D eigenvalue weighted by Gasteiger charge is 2.11. The molecule has 0 fully saturated rings. The lowest BCUT2D eigenvalue weighted by Crippen LogP contribution is -2.04. The summed E-state index contributed by atoms with van der Waals surface area (Å²) in [4.78, 5) is 20.2. The number of aryl methyl sites for hydroxylation is 1. The highest BCUT2D eigenvalue weighted by Crippen LogP contribution is 2.31. The zero-order valence-corrected chi connectivity index (χ0v) is 14.3. The molecule has 6 nitrogen and oxygen atoms in total. The number of hydrogen-bond acceptors (Lipinski definition) is 7. The van der Waals surface area contributed by atoms with Gasteiger partial charge in [0.1, 0.15) is 5.03 Å². The normalized spacial score (nSPS) is 10.3. The van der Waals surface area contributed by atoms with E-state index >= 15 is 0 Å². The number of ether oxygens (including phenoxy) is 3. The summed E-state index contributed by atoms with van der Waals surface area (Å²) in [6.45, 7) is 1.88. The lowest BCUT2D eigenvalue weighted by atomic mass is 10.2. The van der Waals surface area contributed by atoms with Gasteiger partial charge in [-0.25, -0.2) is 9.97 Å². The number of benzene rings is 1. The highest BCUT2D eigenvalue weighted by molar-refractivity contribution is 7.99. The van der Waals surface area contributed by atoms with Crippen LogP contribution in [0.25, 0.3) is 11.4 Å². The molecule has 122 valence electrons. The van der Waals surface area contributed by atoms with Crippen LogP contribution in [0.5, 0.6) is 11.5 Å². The molecule has 2 rings (SSSR count). The number of nitrogens with zero attached hydrogens (tertiary/aromatic N) is 2. The predicted molar refractivity (Wildman–Crippen MR) is 88.0 cm³/mol. The van der Waals surface area contributed by atoms with Crippen molar-refractivity contribution in [1.82, 2.24) is 9.97 Å². The van der Waals surface area contributed by atoms with E-state index in [0.29, 0.717) is 22.3 Å². The van der Waals surface area contributed by atoms with Gasteiger partial charge in [0.25, 0.3) is 0 Å². The molecule has 0 saturated carbocycles. The van der Waals surface area contributed by atoms with Gasteiger partial charge in [-0.2, -0.15) is 0 Å². The van der Waals surface area contributed by atoms with Crippen LogP contribution in [0, 0.1) is 6.92 Å². The molecule has 0 aliphatic carbocycles. The molecule has 0 saturated heterocycles. The van der Waals surface area contributed by atoms with Crippen molar-refractivity contribution in [2.75, 3.05) is 27.1 Å². The van der Waals surface area contributed by atoms with E-state index in [2.05, 4.69) is 14.7 Å². The summed E-state index contributed by atoms with van der Waals surface area (Å²) in [5.41, 5.74) is 1.63. The highest BCUT2D eigenvalue weighted by atomic mass is 32.2.